The number of aliphatic carboxylic acids is 4. The number of ether oxygens (including phenoxy) is 6. The smallest absolute Gasteiger partial charge is 0.343 e. The van der Waals surface area contributed by atoms with Crippen LogP contribution in [0.3, 0.4) is 0 Å². The molecule has 0 saturated heterocycles. The number of benzene rings is 6. The quantitative estimate of drug-likeness (QED) is 0.00859. The highest BCUT2D eigenvalue weighted by molar-refractivity contribution is 7.87. The van der Waals surface area contributed by atoms with E-state index in [1.165, 1.54) is 146 Å². The third-order valence-electron chi connectivity index (χ3n) is 13.8. The number of carboxylic acid groups (broad SMARTS) is 4. The number of rotatable bonds is 43. The molecule has 534 valence electrons. The summed E-state index contributed by atoms with van der Waals surface area (Å²) in [6, 6.07) is 30.5. The molecule has 0 radical (unpaired) electrons. The topological polar surface area (TPSA) is 520 Å². The van der Waals surface area contributed by atoms with Gasteiger partial charge < -0.3 is 81.6 Å². The summed E-state index contributed by atoms with van der Waals surface area (Å²) in [5, 5.41) is 64.2. The Kier molecular flexibility index (Phi) is 30.5. The zero-order valence-electron chi connectivity index (χ0n) is 53.3. The SMILES string of the molecule is N=C(N)Nc1ccc(C(=O)Oc2ccc(CNS(=O)(=O)N(Cc3cccc(C(=O)NCCOCCOCCOCCOCCNC(=O)c4cccc(CN([C@@H](CC(=O)O)C(=O)O)S(=O)(=O)NCc5ccc(OC(=O)c6ccc(NC(=N)N)cc6)cc5)c4)c3)[C@@H](CC(=O)O)C(=O)O)cc2)cc1. The fourth-order valence-electron chi connectivity index (χ4n) is 8.99. The highest BCUT2D eigenvalue weighted by Gasteiger charge is 2.38. The Labute approximate surface area is 573 Å². The summed E-state index contributed by atoms with van der Waals surface area (Å²) >= 11 is 0. The van der Waals surface area contributed by atoms with Gasteiger partial charge in [0.25, 0.3) is 32.2 Å². The van der Waals surface area contributed by atoms with Crippen molar-refractivity contribution < 1.29 is 104 Å². The van der Waals surface area contributed by atoms with Gasteiger partial charge in [-0.05, 0) is 119 Å². The molecule has 0 spiro atoms. The van der Waals surface area contributed by atoms with Crippen LogP contribution in [0.15, 0.2) is 146 Å². The molecule has 0 aromatic heterocycles. The van der Waals surface area contributed by atoms with Crippen LogP contribution in [0.1, 0.15) is 76.5 Å². The standard InChI is InChI=1S/C64H74N12O22S2/c65-63(66)73-49-15-11-45(12-16-49)61(87)97-51-19-7-41(8-20-51)37-71-99(89,90)75(53(59(83)84)35-55(77)78)39-43-3-1-5-47(33-43)57(81)69-23-25-93-27-29-95-31-32-96-30-28-94-26-24-70-58(82)48-6-2-4-44(34-48)40-76(54(60(85)86)36-56(79)80)100(91,92)72-38-42-9-21-52(22-10-42)98-62(88)46-13-17-50(18-14-46)74-64(67)68/h1-22,33-34,53-54,71-72H,23-32,35-40H2,(H,69,81)(H,70,82)(H,77,78)(H,79,80)(H,83,84)(H,85,86)(H4,65,66,73)(H4,67,68,74)/t53-,54-/m0/s1. The number of carbonyl (C=O) groups is 8. The lowest BCUT2D eigenvalue weighted by Crippen LogP contribution is -2.50. The molecule has 0 bridgehead atoms. The zero-order chi connectivity index (χ0) is 72.8. The molecule has 2 atom stereocenters. The van der Waals surface area contributed by atoms with Crippen LogP contribution >= 0.6 is 0 Å². The summed E-state index contributed by atoms with van der Waals surface area (Å²) in [4.78, 5) is 99.8. The van der Waals surface area contributed by atoms with E-state index in [1.54, 1.807) is 0 Å². The van der Waals surface area contributed by atoms with Crippen molar-refractivity contribution in [2.24, 2.45) is 11.5 Å². The van der Waals surface area contributed by atoms with E-state index in [0.717, 1.165) is 0 Å². The first-order chi connectivity index (χ1) is 47.7. The van der Waals surface area contributed by atoms with Gasteiger partial charge in [-0.15, -0.1) is 0 Å². The number of guanidine groups is 2. The Balaban J connectivity index is 0.852. The Morgan fingerprint density at radius 3 is 1.07 bits per heavy atom. The Morgan fingerprint density at radius 1 is 0.430 bits per heavy atom. The first-order valence-corrected chi connectivity index (χ1v) is 33.1. The molecule has 34 nitrogen and oxygen atoms in total. The first kappa shape index (κ1) is 78.2. The van der Waals surface area contributed by atoms with Crippen LogP contribution in [-0.4, -0.2) is 183 Å². The molecule has 0 saturated carbocycles. The van der Waals surface area contributed by atoms with E-state index in [-0.39, 0.29) is 136 Å². The summed E-state index contributed by atoms with van der Waals surface area (Å²) in [7, 11) is -9.49. The molecular weight excluding hydrogens is 1350 g/mol. The molecule has 0 aliphatic carbocycles. The fourth-order valence-corrected chi connectivity index (χ4v) is 11.7. The number of carbonyl (C=O) groups excluding carboxylic acids is 4. The van der Waals surface area contributed by atoms with Crippen LogP contribution in [-0.2, 0) is 84.7 Å². The van der Waals surface area contributed by atoms with E-state index in [2.05, 4.69) is 30.7 Å². The molecule has 6 aromatic rings. The second-order valence-corrected chi connectivity index (χ2v) is 24.7. The molecule has 0 unspecified atom stereocenters. The third-order valence-corrected chi connectivity index (χ3v) is 16.9. The van der Waals surface area contributed by atoms with Crippen LogP contribution in [0.2, 0.25) is 0 Å². The largest absolute Gasteiger partial charge is 0.481 e. The van der Waals surface area contributed by atoms with Crippen molar-refractivity contribution in [2.75, 3.05) is 76.6 Å². The van der Waals surface area contributed by atoms with Gasteiger partial charge >= 0.3 is 35.8 Å². The van der Waals surface area contributed by atoms with Crippen molar-refractivity contribution in [3.8, 4) is 11.5 Å². The average Bonchev–Trinajstić information content (AvgIpc) is 0.813. The van der Waals surface area contributed by atoms with Crippen molar-refractivity contribution in [3.05, 3.63) is 190 Å². The highest BCUT2D eigenvalue weighted by atomic mass is 32.2. The van der Waals surface area contributed by atoms with E-state index in [4.69, 9.17) is 50.7 Å². The van der Waals surface area contributed by atoms with E-state index in [9.17, 15) is 75.6 Å². The van der Waals surface area contributed by atoms with E-state index in [1.807, 2.05) is 0 Å². The summed E-state index contributed by atoms with van der Waals surface area (Å²) in [6.07, 6.45) is -2.19. The molecule has 0 heterocycles. The normalized spacial score (nSPS) is 12.0. The lowest BCUT2D eigenvalue weighted by Gasteiger charge is -2.27. The minimum atomic E-state index is -4.75. The van der Waals surface area contributed by atoms with Crippen molar-refractivity contribution in [2.45, 2.75) is 51.1 Å². The minimum absolute atomic E-state index is 0.0550. The van der Waals surface area contributed by atoms with E-state index >= 15 is 0 Å². The Morgan fingerprint density at radius 2 is 0.760 bits per heavy atom. The van der Waals surface area contributed by atoms with Crippen molar-refractivity contribution in [1.82, 2.24) is 28.7 Å². The van der Waals surface area contributed by atoms with Gasteiger partial charge in [0.1, 0.15) is 23.6 Å². The fraction of sp³-hybridized carbons (Fsp3) is 0.281. The summed E-state index contributed by atoms with van der Waals surface area (Å²) in [5.74, 6) is -9.55. The lowest BCUT2D eigenvalue weighted by atomic mass is 10.1. The number of hydrogen-bond donors (Lipinski definition) is 14. The lowest BCUT2D eigenvalue weighted by molar-refractivity contribution is -0.148. The number of amides is 2. The van der Waals surface area contributed by atoms with E-state index < -0.39 is 106 Å². The van der Waals surface area contributed by atoms with Gasteiger partial charge in [0.2, 0.25) is 0 Å². The van der Waals surface area contributed by atoms with Crippen molar-refractivity contribution in [1.29, 1.82) is 10.8 Å². The van der Waals surface area contributed by atoms with Crippen LogP contribution < -0.4 is 51.7 Å². The molecule has 0 aliphatic heterocycles. The molecule has 0 fully saturated rings. The van der Waals surface area contributed by atoms with Gasteiger partial charge in [0.15, 0.2) is 11.9 Å². The average molecular weight is 1430 g/mol. The predicted octanol–water partition coefficient (Wildman–Crippen LogP) is 2.49. The molecule has 6 aromatic carbocycles. The van der Waals surface area contributed by atoms with Gasteiger partial charge in [-0.2, -0.15) is 34.9 Å². The Hall–Kier alpha value is -10.8. The maximum atomic E-state index is 13.8. The number of nitrogens with two attached hydrogens (primary N) is 2. The van der Waals surface area contributed by atoms with Gasteiger partial charge in [-0.25, -0.2) is 9.59 Å². The number of nitrogens with one attached hydrogen (secondary N) is 8. The number of nitrogens with zero attached hydrogens (tertiary/aromatic N) is 2. The maximum Gasteiger partial charge on any atom is 0.343 e. The van der Waals surface area contributed by atoms with Crippen LogP contribution in [0.5, 0.6) is 11.5 Å². The van der Waals surface area contributed by atoms with Gasteiger partial charge in [0.05, 0.1) is 76.8 Å². The molecule has 100 heavy (non-hydrogen) atoms. The van der Waals surface area contributed by atoms with E-state index in [0.29, 0.717) is 31.1 Å². The molecule has 2 amide bonds. The second kappa shape index (κ2) is 39.0. The third kappa shape index (κ3) is 26.6. The maximum absolute atomic E-state index is 13.8. The second-order valence-electron chi connectivity index (χ2n) is 21.3. The minimum Gasteiger partial charge on any atom is -0.481 e. The highest BCUT2D eigenvalue weighted by Crippen LogP contribution is 2.23. The zero-order valence-corrected chi connectivity index (χ0v) is 55.0. The number of hydrogen-bond acceptors (Lipinski definition) is 20. The van der Waals surface area contributed by atoms with Crippen molar-refractivity contribution >= 4 is 91.3 Å². The molecule has 0 aliphatic rings. The summed E-state index contributed by atoms with van der Waals surface area (Å²) < 4.78 is 93.5. The number of esters is 2. The molecule has 36 heteroatoms. The number of anilines is 2. The summed E-state index contributed by atoms with van der Waals surface area (Å²) in [6.45, 7) is -0.718. The van der Waals surface area contributed by atoms with Crippen molar-refractivity contribution in [3.63, 3.8) is 0 Å². The Bertz CT molecular complexity index is 3800. The molecule has 6 rings (SSSR count). The molecular formula is C64H74N12O22S2. The van der Waals surface area contributed by atoms with Gasteiger partial charge in [-0.1, -0.05) is 48.5 Å². The van der Waals surface area contributed by atoms with Crippen LogP contribution in [0, 0.1) is 10.8 Å². The summed E-state index contributed by atoms with van der Waals surface area (Å²) in [5.41, 5.74) is 13.2. The number of carboxylic acids is 4. The monoisotopic (exact) mass is 1430 g/mol. The van der Waals surface area contributed by atoms with Crippen LogP contribution in [0.4, 0.5) is 11.4 Å². The van der Waals surface area contributed by atoms with Crippen LogP contribution in [0.25, 0.3) is 0 Å². The first-order valence-electron chi connectivity index (χ1n) is 30.2. The predicted molar refractivity (Wildman–Crippen MR) is 358 cm³/mol. The van der Waals surface area contributed by atoms with Gasteiger partial charge in [-0.3, -0.25) is 39.6 Å². The van der Waals surface area contributed by atoms with Gasteiger partial charge in [0, 0.05) is 61.8 Å². The molecule has 16 N–H and O–H groups in total.